The van der Waals surface area contributed by atoms with Crippen molar-refractivity contribution in [3.63, 3.8) is 0 Å². The third-order valence-electron chi connectivity index (χ3n) is 4.03. The van der Waals surface area contributed by atoms with Crippen LogP contribution in [-0.4, -0.2) is 8.07 Å². The molecule has 2 aromatic rings. The molecular formula is C17H17FOSi. The molecule has 3 rings (SSSR count). The van der Waals surface area contributed by atoms with Crippen LogP contribution < -0.4 is 9.92 Å². The summed E-state index contributed by atoms with van der Waals surface area (Å²) in [4.78, 5) is 0. The minimum absolute atomic E-state index is 0.399. The van der Waals surface area contributed by atoms with Gasteiger partial charge in [0.1, 0.15) is 13.8 Å². The number of allylic oxidation sites excluding steroid dienone is 1. The maximum Gasteiger partial charge on any atom is 0.274 e. The van der Waals surface area contributed by atoms with E-state index in [-0.39, 0.29) is 0 Å². The van der Waals surface area contributed by atoms with Crippen LogP contribution in [0.15, 0.2) is 65.8 Å². The molecule has 0 N–H and O–H groups in total. The summed E-state index contributed by atoms with van der Waals surface area (Å²) in [6.07, 6.45) is 0.649. The van der Waals surface area contributed by atoms with Crippen LogP contribution in [0.4, 0.5) is 4.39 Å². The Kier molecular flexibility index (Phi) is 3.22. The zero-order valence-electron chi connectivity index (χ0n) is 11.7. The molecule has 0 fully saturated rings. The van der Waals surface area contributed by atoms with E-state index in [2.05, 4.69) is 25.2 Å². The lowest BCUT2D eigenvalue weighted by molar-refractivity contribution is 0.287. The van der Waals surface area contributed by atoms with Crippen molar-refractivity contribution in [1.82, 2.24) is 0 Å². The largest absolute Gasteiger partial charge is 0.432 e. The Hall–Kier alpha value is -1.87. The van der Waals surface area contributed by atoms with Crippen LogP contribution in [0.2, 0.25) is 13.1 Å². The summed E-state index contributed by atoms with van der Waals surface area (Å²) in [6.45, 7) is 4.35. The van der Waals surface area contributed by atoms with Gasteiger partial charge in [0.25, 0.3) is 6.01 Å². The van der Waals surface area contributed by atoms with Crippen molar-refractivity contribution in [1.29, 1.82) is 0 Å². The smallest absolute Gasteiger partial charge is 0.274 e. The number of hydrogen-bond acceptors (Lipinski definition) is 1. The van der Waals surface area contributed by atoms with Crippen LogP contribution in [-0.2, 0) is 6.42 Å². The van der Waals surface area contributed by atoms with Gasteiger partial charge in [0, 0.05) is 6.42 Å². The van der Waals surface area contributed by atoms with Gasteiger partial charge in [0.15, 0.2) is 0 Å². The first kappa shape index (κ1) is 13.1. The molecule has 2 aromatic carbocycles. The van der Waals surface area contributed by atoms with Gasteiger partial charge in [-0.3, -0.25) is 0 Å². The van der Waals surface area contributed by atoms with Gasteiger partial charge >= 0.3 is 0 Å². The molecular weight excluding hydrogens is 267 g/mol. The molecule has 1 aliphatic rings. The highest BCUT2D eigenvalue weighted by Gasteiger charge is 2.35. The Balaban J connectivity index is 2.02. The molecule has 0 atom stereocenters. The summed E-state index contributed by atoms with van der Waals surface area (Å²) in [6, 6.07) is 17.5. The first-order chi connectivity index (χ1) is 9.59. The maximum atomic E-state index is 14.4. The first-order valence-electron chi connectivity index (χ1n) is 6.79. The fourth-order valence-electron chi connectivity index (χ4n) is 2.66. The Morgan fingerprint density at radius 2 is 1.60 bits per heavy atom. The maximum absolute atomic E-state index is 14.4. The molecule has 0 amide bonds. The molecule has 3 heteroatoms. The number of rotatable bonds is 2. The Morgan fingerprint density at radius 1 is 0.950 bits per heavy atom. The minimum Gasteiger partial charge on any atom is -0.432 e. The predicted molar refractivity (Wildman–Crippen MR) is 82.5 cm³/mol. The van der Waals surface area contributed by atoms with Crippen LogP contribution in [0.1, 0.15) is 5.56 Å². The van der Waals surface area contributed by atoms with E-state index in [0.29, 0.717) is 12.2 Å². The molecule has 20 heavy (non-hydrogen) atoms. The van der Waals surface area contributed by atoms with Crippen molar-refractivity contribution in [3.05, 3.63) is 71.4 Å². The molecule has 0 saturated carbocycles. The Labute approximate surface area is 119 Å². The fourth-order valence-corrected chi connectivity index (χ4v) is 5.21. The zero-order chi connectivity index (χ0) is 14.2. The van der Waals surface area contributed by atoms with E-state index in [0.717, 1.165) is 10.8 Å². The van der Waals surface area contributed by atoms with Crippen molar-refractivity contribution in [2.75, 3.05) is 0 Å². The third kappa shape index (κ3) is 2.18. The molecule has 1 nitrogen and oxygen atoms in total. The zero-order valence-corrected chi connectivity index (χ0v) is 12.7. The van der Waals surface area contributed by atoms with Gasteiger partial charge in [0.05, 0.1) is 0 Å². The highest BCUT2D eigenvalue weighted by molar-refractivity contribution is 6.95. The van der Waals surface area contributed by atoms with Gasteiger partial charge in [-0.2, -0.15) is 4.39 Å². The van der Waals surface area contributed by atoms with E-state index in [1.165, 1.54) is 5.19 Å². The fraction of sp³-hybridized carbons (Fsp3) is 0.176. The van der Waals surface area contributed by atoms with E-state index >= 15 is 0 Å². The molecule has 0 aliphatic carbocycles. The molecule has 1 heterocycles. The number of halogens is 1. The molecule has 0 saturated heterocycles. The predicted octanol–water partition coefficient (Wildman–Crippen LogP) is 3.96. The SMILES string of the molecule is C[Si](C)(C1=C(F)Oc2ccccc2C1)c1ccccc1. The average Bonchev–Trinajstić information content (AvgIpc) is 2.47. The molecule has 1 aliphatic heterocycles. The summed E-state index contributed by atoms with van der Waals surface area (Å²) in [5.74, 6) is 0.645. The number of para-hydroxylation sites is 1. The van der Waals surface area contributed by atoms with E-state index in [4.69, 9.17) is 4.74 Å². The van der Waals surface area contributed by atoms with Crippen LogP contribution in [0.3, 0.4) is 0 Å². The van der Waals surface area contributed by atoms with Gasteiger partial charge in [0.2, 0.25) is 0 Å². The van der Waals surface area contributed by atoms with Crippen LogP contribution in [0, 0.1) is 0 Å². The van der Waals surface area contributed by atoms with E-state index in [1.807, 2.05) is 42.5 Å². The van der Waals surface area contributed by atoms with Gasteiger partial charge in [-0.25, -0.2) is 0 Å². The first-order valence-corrected chi connectivity index (χ1v) is 9.79. The summed E-state index contributed by atoms with van der Waals surface area (Å²) in [7, 11) is -2.03. The standard InChI is InChI=1S/C17H17FOSi/c1-20(2,14-9-4-3-5-10-14)16-12-13-8-6-7-11-15(13)19-17(16)18/h3-11H,12H2,1-2H3. The molecule has 0 unspecified atom stereocenters. The van der Waals surface area contributed by atoms with E-state index in [1.54, 1.807) is 0 Å². The number of hydrogen-bond donors (Lipinski definition) is 0. The molecule has 0 aromatic heterocycles. The monoisotopic (exact) mass is 284 g/mol. The lowest BCUT2D eigenvalue weighted by atomic mass is 10.1. The second-order valence-corrected chi connectivity index (χ2v) is 10.1. The lowest BCUT2D eigenvalue weighted by Gasteiger charge is -2.30. The van der Waals surface area contributed by atoms with Crippen molar-refractivity contribution >= 4 is 13.3 Å². The second-order valence-electron chi connectivity index (χ2n) is 5.63. The highest BCUT2D eigenvalue weighted by Crippen LogP contribution is 2.34. The van der Waals surface area contributed by atoms with Crippen LogP contribution >= 0.6 is 0 Å². The van der Waals surface area contributed by atoms with E-state index in [9.17, 15) is 4.39 Å². The number of fused-ring (bicyclic) bond motifs is 1. The normalized spacial score (nSPS) is 14.8. The molecule has 0 bridgehead atoms. The van der Waals surface area contributed by atoms with Crippen LogP contribution in [0.25, 0.3) is 0 Å². The van der Waals surface area contributed by atoms with Crippen LogP contribution in [0.5, 0.6) is 5.75 Å². The lowest BCUT2D eigenvalue weighted by Crippen LogP contribution is -2.45. The third-order valence-corrected chi connectivity index (χ3v) is 7.69. The highest BCUT2D eigenvalue weighted by atomic mass is 28.3. The number of ether oxygens (including phenoxy) is 1. The summed E-state index contributed by atoms with van der Waals surface area (Å²) in [5, 5.41) is 2.07. The van der Waals surface area contributed by atoms with Crippen molar-refractivity contribution in [2.24, 2.45) is 0 Å². The average molecular weight is 284 g/mol. The number of benzene rings is 2. The van der Waals surface area contributed by atoms with Gasteiger partial charge in [-0.05, 0) is 16.8 Å². The minimum atomic E-state index is -2.03. The van der Waals surface area contributed by atoms with Crippen molar-refractivity contribution in [2.45, 2.75) is 19.5 Å². The van der Waals surface area contributed by atoms with Gasteiger partial charge in [-0.1, -0.05) is 66.8 Å². The van der Waals surface area contributed by atoms with E-state index < -0.39 is 14.1 Å². The van der Waals surface area contributed by atoms with Gasteiger partial charge < -0.3 is 4.74 Å². The quantitative estimate of drug-likeness (QED) is 0.759. The van der Waals surface area contributed by atoms with Gasteiger partial charge in [-0.15, -0.1) is 0 Å². The molecule has 102 valence electrons. The molecule has 0 spiro atoms. The topological polar surface area (TPSA) is 9.23 Å². The molecule has 0 radical (unpaired) electrons. The summed E-state index contributed by atoms with van der Waals surface area (Å²) in [5.41, 5.74) is 1.07. The van der Waals surface area contributed by atoms with Crippen molar-refractivity contribution in [3.8, 4) is 5.75 Å². The Bertz CT molecular complexity index is 662. The Morgan fingerprint density at radius 3 is 2.35 bits per heavy atom. The second kappa shape index (κ2) is 4.91. The summed E-state index contributed by atoms with van der Waals surface area (Å²) < 4.78 is 19.8. The van der Waals surface area contributed by atoms with Crippen molar-refractivity contribution < 1.29 is 9.13 Å². The summed E-state index contributed by atoms with van der Waals surface area (Å²) >= 11 is 0.